The van der Waals surface area contributed by atoms with Crippen LogP contribution in [0.2, 0.25) is 0 Å². The lowest BCUT2D eigenvalue weighted by Crippen LogP contribution is -2.14. The van der Waals surface area contributed by atoms with E-state index in [9.17, 15) is 0 Å². The molecule has 0 aliphatic rings. The quantitative estimate of drug-likeness (QED) is 0.913. The molecular weight excluding hydrogens is 236 g/mol. The van der Waals surface area contributed by atoms with Crippen molar-refractivity contribution in [1.82, 2.24) is 4.98 Å². The van der Waals surface area contributed by atoms with Crippen molar-refractivity contribution in [3.8, 4) is 5.75 Å². The maximum absolute atomic E-state index is 6.32. The predicted octanol–water partition coefficient (Wildman–Crippen LogP) is 3.23. The zero-order chi connectivity index (χ0) is 13.8. The van der Waals surface area contributed by atoms with Gasteiger partial charge in [-0.2, -0.15) is 0 Å². The summed E-state index contributed by atoms with van der Waals surface area (Å²) in [4.78, 5) is 4.29. The van der Waals surface area contributed by atoms with E-state index < -0.39 is 0 Å². The minimum Gasteiger partial charge on any atom is -0.491 e. The van der Waals surface area contributed by atoms with Crippen molar-refractivity contribution >= 4 is 0 Å². The smallest absolute Gasteiger partial charge is 0.120 e. The summed E-state index contributed by atoms with van der Waals surface area (Å²) in [6, 6.07) is 11.7. The molecule has 0 saturated carbocycles. The van der Waals surface area contributed by atoms with Gasteiger partial charge < -0.3 is 10.5 Å². The molecule has 3 nitrogen and oxygen atoms in total. The van der Waals surface area contributed by atoms with Crippen LogP contribution in [-0.2, 0) is 0 Å². The number of nitrogens with two attached hydrogens (primary N) is 1. The van der Waals surface area contributed by atoms with E-state index in [0.29, 0.717) is 0 Å². The summed E-state index contributed by atoms with van der Waals surface area (Å²) in [6.45, 7) is 6.00. The fourth-order valence-corrected chi connectivity index (χ4v) is 2.06. The van der Waals surface area contributed by atoms with Crippen LogP contribution < -0.4 is 10.5 Å². The highest BCUT2D eigenvalue weighted by molar-refractivity contribution is 5.37. The van der Waals surface area contributed by atoms with Gasteiger partial charge in [-0.1, -0.05) is 18.2 Å². The maximum atomic E-state index is 6.32. The summed E-state index contributed by atoms with van der Waals surface area (Å²) < 4.78 is 5.70. The maximum Gasteiger partial charge on any atom is 0.120 e. The van der Waals surface area contributed by atoms with Crippen LogP contribution in [0.15, 0.2) is 42.6 Å². The lowest BCUT2D eigenvalue weighted by molar-refractivity contribution is 0.242. The van der Waals surface area contributed by atoms with E-state index in [1.807, 2.05) is 57.2 Å². The Kier molecular flexibility index (Phi) is 4.17. The van der Waals surface area contributed by atoms with Crippen LogP contribution in [0.3, 0.4) is 0 Å². The number of hydrogen-bond acceptors (Lipinski definition) is 3. The second-order valence-electron chi connectivity index (χ2n) is 4.89. The molecule has 0 amide bonds. The molecule has 0 aliphatic heterocycles. The summed E-state index contributed by atoms with van der Waals surface area (Å²) in [5.41, 5.74) is 9.37. The molecule has 1 aromatic heterocycles. The molecule has 2 rings (SSSR count). The van der Waals surface area contributed by atoms with Gasteiger partial charge >= 0.3 is 0 Å². The van der Waals surface area contributed by atoms with Gasteiger partial charge in [-0.15, -0.1) is 0 Å². The third kappa shape index (κ3) is 3.32. The number of nitrogens with zero attached hydrogens (tertiary/aromatic N) is 1. The van der Waals surface area contributed by atoms with E-state index in [1.54, 1.807) is 6.20 Å². The van der Waals surface area contributed by atoms with Crippen LogP contribution in [-0.4, -0.2) is 11.1 Å². The lowest BCUT2D eigenvalue weighted by Gasteiger charge is -2.16. The Morgan fingerprint density at radius 1 is 1.16 bits per heavy atom. The molecule has 0 aliphatic carbocycles. The molecular formula is C16H20N2O. The molecule has 0 bridgehead atoms. The fourth-order valence-electron chi connectivity index (χ4n) is 2.06. The van der Waals surface area contributed by atoms with Gasteiger partial charge in [0.05, 0.1) is 12.1 Å². The number of pyridine rings is 1. The molecule has 0 fully saturated rings. The van der Waals surface area contributed by atoms with Crippen LogP contribution >= 0.6 is 0 Å². The molecule has 3 heteroatoms. The van der Waals surface area contributed by atoms with Gasteiger partial charge in [0.2, 0.25) is 0 Å². The van der Waals surface area contributed by atoms with Gasteiger partial charge in [0, 0.05) is 11.9 Å². The zero-order valence-corrected chi connectivity index (χ0v) is 11.6. The summed E-state index contributed by atoms with van der Waals surface area (Å²) >= 11 is 0. The van der Waals surface area contributed by atoms with Crippen LogP contribution in [0, 0.1) is 6.92 Å². The van der Waals surface area contributed by atoms with E-state index in [4.69, 9.17) is 10.5 Å². The molecule has 0 spiro atoms. The highest BCUT2D eigenvalue weighted by Gasteiger charge is 2.12. The second-order valence-corrected chi connectivity index (χ2v) is 4.89. The van der Waals surface area contributed by atoms with E-state index in [2.05, 4.69) is 4.98 Å². The van der Waals surface area contributed by atoms with Gasteiger partial charge in [-0.25, -0.2) is 0 Å². The van der Waals surface area contributed by atoms with Gasteiger partial charge in [0.25, 0.3) is 0 Å². The third-order valence-electron chi connectivity index (χ3n) is 2.97. The Balaban J connectivity index is 2.29. The minimum atomic E-state index is -0.176. The molecule has 19 heavy (non-hydrogen) atoms. The van der Waals surface area contributed by atoms with Crippen molar-refractivity contribution in [2.24, 2.45) is 5.73 Å². The first-order valence-electron chi connectivity index (χ1n) is 6.51. The Morgan fingerprint density at radius 2 is 1.95 bits per heavy atom. The predicted molar refractivity (Wildman–Crippen MR) is 77.2 cm³/mol. The van der Waals surface area contributed by atoms with E-state index in [-0.39, 0.29) is 12.1 Å². The van der Waals surface area contributed by atoms with Crippen molar-refractivity contribution < 1.29 is 4.74 Å². The Labute approximate surface area is 114 Å². The van der Waals surface area contributed by atoms with Crippen LogP contribution in [0.25, 0.3) is 0 Å². The summed E-state index contributed by atoms with van der Waals surface area (Å²) in [6.07, 6.45) is 1.94. The van der Waals surface area contributed by atoms with E-state index >= 15 is 0 Å². The molecule has 1 aromatic carbocycles. The first kappa shape index (κ1) is 13.6. The average molecular weight is 256 g/mol. The Bertz CT molecular complexity index is 552. The van der Waals surface area contributed by atoms with Crippen LogP contribution in [0.4, 0.5) is 0 Å². The minimum absolute atomic E-state index is 0.159. The largest absolute Gasteiger partial charge is 0.491 e. The zero-order valence-electron chi connectivity index (χ0n) is 11.6. The van der Waals surface area contributed by atoms with Crippen LogP contribution in [0.1, 0.15) is 36.7 Å². The van der Waals surface area contributed by atoms with Gasteiger partial charge in [0.15, 0.2) is 0 Å². The molecule has 0 saturated heterocycles. The first-order valence-corrected chi connectivity index (χ1v) is 6.51. The van der Waals surface area contributed by atoms with Crippen molar-refractivity contribution in [2.75, 3.05) is 0 Å². The molecule has 1 atom stereocenters. The lowest BCUT2D eigenvalue weighted by atomic mass is 9.98. The number of aryl methyl sites for hydroxylation is 1. The van der Waals surface area contributed by atoms with Crippen molar-refractivity contribution in [3.05, 3.63) is 59.4 Å². The average Bonchev–Trinajstić information content (AvgIpc) is 2.38. The third-order valence-corrected chi connectivity index (χ3v) is 2.97. The monoisotopic (exact) mass is 256 g/mol. The molecule has 1 unspecified atom stereocenters. The first-order chi connectivity index (χ1) is 9.08. The normalized spacial score (nSPS) is 12.5. The van der Waals surface area contributed by atoms with Crippen molar-refractivity contribution in [3.63, 3.8) is 0 Å². The Hall–Kier alpha value is -1.87. The molecule has 2 N–H and O–H groups in total. The van der Waals surface area contributed by atoms with Crippen molar-refractivity contribution in [1.29, 1.82) is 0 Å². The summed E-state index contributed by atoms with van der Waals surface area (Å²) in [5, 5.41) is 0. The number of aromatic nitrogens is 1. The van der Waals surface area contributed by atoms with Gasteiger partial charge in [-0.3, -0.25) is 4.98 Å². The SMILES string of the molecule is Cc1ncccc1C(N)c1cccc(OC(C)C)c1. The molecule has 0 radical (unpaired) electrons. The standard InChI is InChI=1S/C16H20N2O/c1-11(2)19-14-7-4-6-13(10-14)16(17)15-8-5-9-18-12(15)3/h4-11,16H,17H2,1-3H3. The van der Waals surface area contributed by atoms with Gasteiger partial charge in [-0.05, 0) is 50.1 Å². The summed E-state index contributed by atoms with van der Waals surface area (Å²) in [7, 11) is 0. The number of hydrogen-bond donors (Lipinski definition) is 1. The fraction of sp³-hybridized carbons (Fsp3) is 0.312. The topological polar surface area (TPSA) is 48.1 Å². The number of rotatable bonds is 4. The highest BCUT2D eigenvalue weighted by Crippen LogP contribution is 2.24. The Morgan fingerprint density at radius 3 is 2.63 bits per heavy atom. The molecule has 1 heterocycles. The molecule has 2 aromatic rings. The van der Waals surface area contributed by atoms with Crippen LogP contribution in [0.5, 0.6) is 5.75 Å². The molecule has 100 valence electrons. The highest BCUT2D eigenvalue weighted by atomic mass is 16.5. The van der Waals surface area contributed by atoms with Gasteiger partial charge in [0.1, 0.15) is 5.75 Å². The second kappa shape index (κ2) is 5.85. The van der Waals surface area contributed by atoms with Crippen molar-refractivity contribution in [2.45, 2.75) is 32.9 Å². The van der Waals surface area contributed by atoms with E-state index in [0.717, 1.165) is 22.6 Å². The summed E-state index contributed by atoms with van der Waals surface area (Å²) in [5.74, 6) is 0.851. The number of ether oxygens (including phenoxy) is 1. The number of benzene rings is 1. The van der Waals surface area contributed by atoms with E-state index in [1.165, 1.54) is 0 Å².